The van der Waals surface area contributed by atoms with Crippen LogP contribution in [0.2, 0.25) is 0 Å². The number of nitrogens with zero attached hydrogens (tertiary/aromatic N) is 2. The molecule has 0 spiro atoms. The lowest BCUT2D eigenvalue weighted by atomic mass is 10.2. The number of para-hydroxylation sites is 1. The molecule has 2 aromatic rings. The van der Waals surface area contributed by atoms with E-state index >= 15 is 0 Å². The summed E-state index contributed by atoms with van der Waals surface area (Å²) in [6.45, 7) is 7.42. The van der Waals surface area contributed by atoms with Crippen molar-refractivity contribution in [1.82, 2.24) is 5.06 Å². The normalized spacial score (nSPS) is 16.0. The van der Waals surface area contributed by atoms with Gasteiger partial charge in [-0.1, -0.05) is 41.6 Å². The third kappa shape index (κ3) is 3.46. The third-order valence-corrected chi connectivity index (χ3v) is 5.26. The summed E-state index contributed by atoms with van der Waals surface area (Å²) in [7, 11) is 0. The van der Waals surface area contributed by atoms with Crippen LogP contribution in [0.25, 0.3) is 0 Å². The predicted molar refractivity (Wildman–Crippen MR) is 92.1 cm³/mol. The smallest absolute Gasteiger partial charge is 0.0508 e. The number of hydrogen-bond acceptors (Lipinski definition) is 4. The molecule has 0 amide bonds. The number of rotatable bonds is 3. The van der Waals surface area contributed by atoms with Gasteiger partial charge in [-0.2, -0.15) is 5.06 Å². The van der Waals surface area contributed by atoms with Crippen molar-refractivity contribution in [1.29, 1.82) is 0 Å². The monoisotopic (exact) mass is 314 g/mol. The van der Waals surface area contributed by atoms with E-state index in [4.69, 9.17) is 0 Å². The Hall–Kier alpha value is -1.49. The quantitative estimate of drug-likeness (QED) is 0.927. The molecule has 1 saturated heterocycles. The van der Waals surface area contributed by atoms with E-state index < -0.39 is 0 Å². The molecule has 0 radical (unpaired) electrons. The van der Waals surface area contributed by atoms with Gasteiger partial charge in [0.05, 0.1) is 5.69 Å². The van der Waals surface area contributed by atoms with E-state index in [9.17, 15) is 5.21 Å². The molecule has 1 aliphatic rings. The molecular weight excluding hydrogens is 292 g/mol. The van der Waals surface area contributed by atoms with Crippen LogP contribution in [0.4, 0.5) is 5.69 Å². The number of hydroxylamine groups is 2. The van der Waals surface area contributed by atoms with Gasteiger partial charge in [-0.05, 0) is 37.6 Å². The van der Waals surface area contributed by atoms with Crippen molar-refractivity contribution in [2.24, 2.45) is 0 Å². The molecule has 0 unspecified atom stereocenters. The Morgan fingerprint density at radius 2 is 1.64 bits per heavy atom. The lowest BCUT2D eigenvalue weighted by molar-refractivity contribution is -0.0936. The number of aryl methyl sites for hydroxylation is 2. The van der Waals surface area contributed by atoms with Gasteiger partial charge in [-0.25, -0.2) is 0 Å². The average molecular weight is 314 g/mol. The summed E-state index contributed by atoms with van der Waals surface area (Å²) in [6.07, 6.45) is 0. The second-order valence-corrected chi connectivity index (χ2v) is 6.86. The Morgan fingerprint density at radius 1 is 0.909 bits per heavy atom. The van der Waals surface area contributed by atoms with Gasteiger partial charge in [0.25, 0.3) is 0 Å². The van der Waals surface area contributed by atoms with Crippen LogP contribution in [-0.2, 0) is 0 Å². The molecule has 1 fully saturated rings. The Balaban J connectivity index is 1.85. The highest BCUT2D eigenvalue weighted by Gasteiger charge is 2.18. The molecule has 3 nitrogen and oxygen atoms in total. The van der Waals surface area contributed by atoms with Crippen molar-refractivity contribution in [3.05, 3.63) is 53.6 Å². The van der Waals surface area contributed by atoms with Crippen molar-refractivity contribution < 1.29 is 5.21 Å². The van der Waals surface area contributed by atoms with Crippen LogP contribution >= 0.6 is 11.8 Å². The maximum absolute atomic E-state index is 9.54. The van der Waals surface area contributed by atoms with Crippen LogP contribution in [0.1, 0.15) is 11.1 Å². The molecule has 2 aromatic carbocycles. The van der Waals surface area contributed by atoms with Gasteiger partial charge >= 0.3 is 0 Å². The number of anilines is 1. The van der Waals surface area contributed by atoms with E-state index in [2.05, 4.69) is 61.2 Å². The molecule has 116 valence electrons. The number of hydrogen-bond donors (Lipinski definition) is 1. The summed E-state index contributed by atoms with van der Waals surface area (Å²) < 4.78 is 0. The molecule has 0 bridgehead atoms. The molecule has 4 heteroatoms. The first kappa shape index (κ1) is 15.4. The first-order valence-corrected chi connectivity index (χ1v) is 8.48. The molecule has 1 aliphatic heterocycles. The van der Waals surface area contributed by atoms with E-state index in [1.165, 1.54) is 31.7 Å². The highest BCUT2D eigenvalue weighted by Crippen LogP contribution is 2.37. The SMILES string of the molecule is Cc1ccc(Sc2ccccc2N2CCN(O)CC2)c(C)c1. The van der Waals surface area contributed by atoms with Gasteiger partial charge in [0.2, 0.25) is 0 Å². The maximum Gasteiger partial charge on any atom is 0.0508 e. The highest BCUT2D eigenvalue weighted by molar-refractivity contribution is 7.99. The first-order valence-electron chi connectivity index (χ1n) is 7.66. The molecular formula is C18H22N2OS. The molecule has 0 aliphatic carbocycles. The molecule has 1 heterocycles. The van der Waals surface area contributed by atoms with Crippen LogP contribution in [0, 0.1) is 13.8 Å². The Morgan fingerprint density at radius 3 is 2.36 bits per heavy atom. The zero-order chi connectivity index (χ0) is 15.5. The lowest BCUT2D eigenvalue weighted by Crippen LogP contribution is -2.45. The molecule has 0 saturated carbocycles. The minimum Gasteiger partial charge on any atom is -0.368 e. The Labute approximate surface area is 136 Å². The summed E-state index contributed by atoms with van der Waals surface area (Å²) >= 11 is 1.83. The fourth-order valence-electron chi connectivity index (χ4n) is 2.77. The van der Waals surface area contributed by atoms with Crippen LogP contribution in [0.3, 0.4) is 0 Å². The van der Waals surface area contributed by atoms with Crippen molar-refractivity contribution in [3.8, 4) is 0 Å². The van der Waals surface area contributed by atoms with Crippen LogP contribution in [0.5, 0.6) is 0 Å². The standard InChI is InChI=1S/C18H22N2OS/c1-14-7-8-17(15(2)13-14)22-18-6-4-3-5-16(18)19-9-11-20(21)12-10-19/h3-8,13,21H,9-12H2,1-2H3. The van der Waals surface area contributed by atoms with Gasteiger partial charge in [-0.3, -0.25) is 0 Å². The maximum atomic E-state index is 9.54. The molecule has 3 rings (SSSR count). The molecule has 1 N–H and O–H groups in total. The van der Waals surface area contributed by atoms with Crippen molar-refractivity contribution in [2.45, 2.75) is 23.6 Å². The summed E-state index contributed by atoms with van der Waals surface area (Å²) in [4.78, 5) is 4.94. The van der Waals surface area contributed by atoms with Gasteiger partial charge in [0.15, 0.2) is 0 Å². The summed E-state index contributed by atoms with van der Waals surface area (Å²) in [5.41, 5.74) is 3.88. The van der Waals surface area contributed by atoms with E-state index in [0.29, 0.717) is 13.1 Å². The fourth-order valence-corrected chi connectivity index (χ4v) is 3.82. The van der Waals surface area contributed by atoms with Crippen molar-refractivity contribution >= 4 is 17.4 Å². The fraction of sp³-hybridized carbons (Fsp3) is 0.333. The van der Waals surface area contributed by atoms with Crippen LogP contribution in [0.15, 0.2) is 52.3 Å². The topological polar surface area (TPSA) is 26.7 Å². The Kier molecular flexibility index (Phi) is 4.71. The van der Waals surface area contributed by atoms with E-state index in [1.807, 2.05) is 11.8 Å². The van der Waals surface area contributed by atoms with E-state index in [0.717, 1.165) is 13.1 Å². The first-order chi connectivity index (χ1) is 10.6. The second-order valence-electron chi connectivity index (χ2n) is 5.78. The Bertz CT molecular complexity index is 651. The zero-order valence-electron chi connectivity index (χ0n) is 13.1. The number of benzene rings is 2. The van der Waals surface area contributed by atoms with Gasteiger partial charge in [-0.15, -0.1) is 0 Å². The van der Waals surface area contributed by atoms with Crippen molar-refractivity contribution in [3.63, 3.8) is 0 Å². The molecule has 0 atom stereocenters. The van der Waals surface area contributed by atoms with Crippen LogP contribution in [-0.4, -0.2) is 36.4 Å². The predicted octanol–water partition coefficient (Wildman–Crippen LogP) is 3.97. The summed E-state index contributed by atoms with van der Waals surface area (Å²) in [6, 6.07) is 15.2. The highest BCUT2D eigenvalue weighted by atomic mass is 32.2. The lowest BCUT2D eigenvalue weighted by Gasteiger charge is -2.34. The van der Waals surface area contributed by atoms with Gasteiger partial charge in [0, 0.05) is 36.0 Å². The second kappa shape index (κ2) is 6.73. The summed E-state index contributed by atoms with van der Waals surface area (Å²) in [5.74, 6) is 0. The van der Waals surface area contributed by atoms with Crippen LogP contribution < -0.4 is 4.90 Å². The van der Waals surface area contributed by atoms with Gasteiger partial charge < -0.3 is 10.1 Å². The van der Waals surface area contributed by atoms with Crippen molar-refractivity contribution in [2.75, 3.05) is 31.1 Å². The van der Waals surface area contributed by atoms with Gasteiger partial charge in [0.1, 0.15) is 0 Å². The number of piperazine rings is 1. The minimum absolute atomic E-state index is 0.697. The zero-order valence-corrected chi connectivity index (χ0v) is 13.9. The summed E-state index contributed by atoms with van der Waals surface area (Å²) in [5, 5.41) is 10.9. The van der Waals surface area contributed by atoms with E-state index in [-0.39, 0.29) is 0 Å². The molecule has 22 heavy (non-hydrogen) atoms. The third-order valence-electron chi connectivity index (χ3n) is 4.01. The minimum atomic E-state index is 0.697. The molecule has 0 aromatic heterocycles. The average Bonchev–Trinajstić information content (AvgIpc) is 2.51. The largest absolute Gasteiger partial charge is 0.368 e. The van der Waals surface area contributed by atoms with E-state index in [1.54, 1.807) is 0 Å².